The summed E-state index contributed by atoms with van der Waals surface area (Å²) in [7, 11) is -3.75. The Morgan fingerprint density at radius 1 is 1.12 bits per heavy atom. The summed E-state index contributed by atoms with van der Waals surface area (Å²) in [4.78, 5) is 24.3. The van der Waals surface area contributed by atoms with Crippen molar-refractivity contribution in [2.75, 3.05) is 13.1 Å². The van der Waals surface area contributed by atoms with Crippen molar-refractivity contribution in [3.63, 3.8) is 0 Å². The molecule has 0 fully saturated rings. The van der Waals surface area contributed by atoms with E-state index in [1.165, 1.54) is 11.3 Å². The molecule has 1 aromatic heterocycles. The van der Waals surface area contributed by atoms with Crippen molar-refractivity contribution >= 4 is 33.0 Å². The van der Waals surface area contributed by atoms with E-state index in [4.69, 9.17) is 0 Å². The number of amides is 2. The number of thiophene rings is 1. The first-order valence-corrected chi connectivity index (χ1v) is 10.6. The van der Waals surface area contributed by atoms with Crippen molar-refractivity contribution in [2.45, 2.75) is 30.9 Å². The lowest BCUT2D eigenvalue weighted by atomic mass is 10.2. The Hall–Kier alpha value is -2.19. The average molecular weight is 395 g/mol. The van der Waals surface area contributed by atoms with Gasteiger partial charge in [-0.15, -0.1) is 11.3 Å². The zero-order chi connectivity index (χ0) is 19.3. The summed E-state index contributed by atoms with van der Waals surface area (Å²) >= 11 is 1.30. The standard InChI is InChI=1S/C18H22N2O4S2/c1-4-19-17(21)18(22)20-11-16(14-6-5-9-25-14)26(23,24)15-10-12(2)7-8-13(15)3/h5-10,16H,4,11H2,1-3H3,(H,19,21)(H,20,22)/t16-/m1/s1. The van der Waals surface area contributed by atoms with E-state index in [1.54, 1.807) is 43.5 Å². The zero-order valence-electron chi connectivity index (χ0n) is 14.9. The number of carbonyl (C=O) groups excluding carboxylic acids is 2. The molecule has 2 N–H and O–H groups in total. The Kier molecular flexibility index (Phi) is 6.55. The topological polar surface area (TPSA) is 92.3 Å². The molecule has 0 saturated heterocycles. The van der Waals surface area contributed by atoms with Crippen LogP contribution in [0.5, 0.6) is 0 Å². The molecule has 1 heterocycles. The maximum atomic E-state index is 13.3. The first-order valence-electron chi connectivity index (χ1n) is 8.18. The second-order valence-electron chi connectivity index (χ2n) is 5.89. The van der Waals surface area contributed by atoms with Gasteiger partial charge in [0.15, 0.2) is 9.84 Å². The Bertz CT molecular complexity index is 890. The normalized spacial score (nSPS) is 12.4. The highest BCUT2D eigenvalue weighted by atomic mass is 32.2. The number of benzene rings is 1. The minimum atomic E-state index is -3.75. The third kappa shape index (κ3) is 4.50. The molecular weight excluding hydrogens is 372 g/mol. The van der Waals surface area contributed by atoms with Gasteiger partial charge in [-0.2, -0.15) is 0 Å². The third-order valence-electron chi connectivity index (χ3n) is 3.88. The van der Waals surface area contributed by atoms with Crippen LogP contribution in [-0.4, -0.2) is 33.3 Å². The van der Waals surface area contributed by atoms with Gasteiger partial charge in [-0.25, -0.2) is 8.42 Å². The summed E-state index contributed by atoms with van der Waals surface area (Å²) in [5, 5.41) is 5.66. The van der Waals surface area contributed by atoms with Gasteiger partial charge in [0.25, 0.3) is 0 Å². The van der Waals surface area contributed by atoms with E-state index in [9.17, 15) is 18.0 Å². The Labute approximate surface area is 157 Å². The smallest absolute Gasteiger partial charge is 0.309 e. The highest BCUT2D eigenvalue weighted by molar-refractivity contribution is 7.92. The van der Waals surface area contributed by atoms with E-state index in [1.807, 2.05) is 13.0 Å². The summed E-state index contributed by atoms with van der Waals surface area (Å²) in [6, 6.07) is 8.73. The maximum absolute atomic E-state index is 13.3. The molecule has 0 unspecified atom stereocenters. The Morgan fingerprint density at radius 2 is 1.81 bits per heavy atom. The van der Waals surface area contributed by atoms with E-state index < -0.39 is 26.9 Å². The second kappa shape index (κ2) is 8.46. The molecule has 0 radical (unpaired) electrons. The van der Waals surface area contributed by atoms with Gasteiger partial charge < -0.3 is 10.6 Å². The SMILES string of the molecule is CCNC(=O)C(=O)NC[C@H](c1cccs1)S(=O)(=O)c1cc(C)ccc1C. The van der Waals surface area contributed by atoms with Crippen LogP contribution in [0.4, 0.5) is 0 Å². The highest BCUT2D eigenvalue weighted by Crippen LogP contribution is 2.33. The van der Waals surface area contributed by atoms with E-state index >= 15 is 0 Å². The molecule has 2 aromatic rings. The Balaban J connectivity index is 2.35. The molecular formula is C18H22N2O4S2. The van der Waals surface area contributed by atoms with Gasteiger partial charge in [-0.1, -0.05) is 18.2 Å². The number of sulfone groups is 1. The molecule has 0 bridgehead atoms. The van der Waals surface area contributed by atoms with Gasteiger partial charge in [0, 0.05) is 18.0 Å². The lowest BCUT2D eigenvalue weighted by Gasteiger charge is -2.19. The fourth-order valence-electron chi connectivity index (χ4n) is 2.51. The van der Waals surface area contributed by atoms with Crippen LogP contribution in [0.1, 0.15) is 28.2 Å². The first-order chi connectivity index (χ1) is 12.3. The predicted octanol–water partition coefficient (Wildman–Crippen LogP) is 2.13. The molecule has 1 aromatic carbocycles. The van der Waals surface area contributed by atoms with E-state index in [0.29, 0.717) is 17.0 Å². The van der Waals surface area contributed by atoms with Crippen LogP contribution >= 0.6 is 11.3 Å². The van der Waals surface area contributed by atoms with E-state index in [0.717, 1.165) is 5.56 Å². The predicted molar refractivity (Wildman–Crippen MR) is 102 cm³/mol. The molecule has 26 heavy (non-hydrogen) atoms. The van der Waals surface area contributed by atoms with Crippen molar-refractivity contribution in [1.29, 1.82) is 0 Å². The van der Waals surface area contributed by atoms with Crippen LogP contribution in [0.25, 0.3) is 0 Å². The molecule has 0 spiro atoms. The third-order valence-corrected chi connectivity index (χ3v) is 7.23. The van der Waals surface area contributed by atoms with Gasteiger partial charge in [0.05, 0.1) is 4.90 Å². The van der Waals surface area contributed by atoms with E-state index in [2.05, 4.69) is 10.6 Å². The summed E-state index contributed by atoms with van der Waals surface area (Å²) in [6.45, 7) is 5.42. The van der Waals surface area contributed by atoms with Crippen molar-refractivity contribution in [2.24, 2.45) is 0 Å². The van der Waals surface area contributed by atoms with Gasteiger partial charge in [-0.05, 0) is 49.4 Å². The fraction of sp³-hybridized carbons (Fsp3) is 0.333. The monoisotopic (exact) mass is 394 g/mol. The fourth-order valence-corrected chi connectivity index (χ4v) is 5.63. The number of hydrogen-bond donors (Lipinski definition) is 2. The van der Waals surface area contributed by atoms with Gasteiger partial charge in [0.1, 0.15) is 5.25 Å². The summed E-state index contributed by atoms with van der Waals surface area (Å²) in [5.41, 5.74) is 1.48. The molecule has 8 heteroatoms. The molecule has 0 aliphatic heterocycles. The highest BCUT2D eigenvalue weighted by Gasteiger charge is 2.32. The first kappa shape index (κ1) is 20.1. The zero-order valence-corrected chi connectivity index (χ0v) is 16.5. The lowest BCUT2D eigenvalue weighted by Crippen LogP contribution is -2.42. The maximum Gasteiger partial charge on any atom is 0.309 e. The summed E-state index contributed by atoms with van der Waals surface area (Å²) < 4.78 is 26.5. The van der Waals surface area contributed by atoms with Crippen LogP contribution in [0.15, 0.2) is 40.6 Å². The number of carbonyl (C=O) groups is 2. The van der Waals surface area contributed by atoms with Crippen LogP contribution in [-0.2, 0) is 19.4 Å². The van der Waals surface area contributed by atoms with Crippen molar-refractivity contribution in [3.05, 3.63) is 51.7 Å². The van der Waals surface area contributed by atoms with Crippen molar-refractivity contribution in [1.82, 2.24) is 10.6 Å². The van der Waals surface area contributed by atoms with Crippen LogP contribution in [0.2, 0.25) is 0 Å². The molecule has 0 aliphatic carbocycles. The summed E-state index contributed by atoms with van der Waals surface area (Å²) in [5.74, 6) is -1.62. The lowest BCUT2D eigenvalue weighted by molar-refractivity contribution is -0.139. The van der Waals surface area contributed by atoms with Gasteiger partial charge in [0.2, 0.25) is 0 Å². The molecule has 6 nitrogen and oxygen atoms in total. The number of rotatable bonds is 6. The molecule has 0 aliphatic rings. The summed E-state index contributed by atoms with van der Waals surface area (Å²) in [6.07, 6.45) is 0. The second-order valence-corrected chi connectivity index (χ2v) is 8.97. The van der Waals surface area contributed by atoms with E-state index in [-0.39, 0.29) is 11.4 Å². The molecule has 2 rings (SSSR count). The van der Waals surface area contributed by atoms with Crippen LogP contribution in [0, 0.1) is 13.8 Å². The average Bonchev–Trinajstić information content (AvgIpc) is 3.11. The number of hydrogen-bond acceptors (Lipinski definition) is 5. The Morgan fingerprint density at radius 3 is 2.42 bits per heavy atom. The van der Waals surface area contributed by atoms with Crippen LogP contribution < -0.4 is 10.6 Å². The van der Waals surface area contributed by atoms with Crippen LogP contribution in [0.3, 0.4) is 0 Å². The molecule has 2 amide bonds. The van der Waals surface area contributed by atoms with Gasteiger partial charge >= 0.3 is 11.8 Å². The molecule has 0 saturated carbocycles. The number of likely N-dealkylation sites (N-methyl/N-ethyl adjacent to an activating group) is 1. The minimum Gasteiger partial charge on any atom is -0.348 e. The minimum absolute atomic E-state index is 0.174. The quantitative estimate of drug-likeness (QED) is 0.734. The molecule has 1 atom stereocenters. The largest absolute Gasteiger partial charge is 0.348 e. The number of nitrogens with one attached hydrogen (secondary N) is 2. The number of aryl methyl sites for hydroxylation is 2. The van der Waals surface area contributed by atoms with Crippen molar-refractivity contribution < 1.29 is 18.0 Å². The van der Waals surface area contributed by atoms with Crippen molar-refractivity contribution in [3.8, 4) is 0 Å². The van der Waals surface area contributed by atoms with Gasteiger partial charge in [-0.3, -0.25) is 9.59 Å². The molecule has 140 valence electrons.